The maximum atomic E-state index is 14.4. The summed E-state index contributed by atoms with van der Waals surface area (Å²) in [4.78, 5) is 12.5. The predicted octanol–water partition coefficient (Wildman–Crippen LogP) is 3.22. The van der Waals surface area contributed by atoms with Gasteiger partial charge in [-0.2, -0.15) is 0 Å². The third-order valence-corrected chi connectivity index (χ3v) is 6.27. The van der Waals surface area contributed by atoms with E-state index in [1.807, 2.05) is 0 Å². The minimum atomic E-state index is -4.16. The van der Waals surface area contributed by atoms with Crippen molar-refractivity contribution in [2.75, 3.05) is 31.1 Å². The summed E-state index contributed by atoms with van der Waals surface area (Å²) in [5, 5.41) is 2.60. The largest absolute Gasteiger partial charge is 0.497 e. The predicted molar refractivity (Wildman–Crippen MR) is 119 cm³/mol. The lowest BCUT2D eigenvalue weighted by molar-refractivity contribution is -0.119. The Kier molecular flexibility index (Phi) is 7.67. The van der Waals surface area contributed by atoms with Gasteiger partial charge in [0.05, 0.1) is 24.2 Å². The summed E-state index contributed by atoms with van der Waals surface area (Å²) < 4.78 is 52.1. The summed E-state index contributed by atoms with van der Waals surface area (Å²) in [6, 6.07) is 19.9. The van der Waals surface area contributed by atoms with Crippen LogP contribution in [0.4, 0.5) is 10.1 Å². The number of hydrogen-bond acceptors (Lipinski definition) is 5. The van der Waals surface area contributed by atoms with Crippen molar-refractivity contribution < 1.29 is 27.1 Å². The average molecular weight is 459 g/mol. The van der Waals surface area contributed by atoms with E-state index in [4.69, 9.17) is 9.47 Å². The van der Waals surface area contributed by atoms with Gasteiger partial charge in [-0.15, -0.1) is 0 Å². The lowest BCUT2D eigenvalue weighted by Crippen LogP contribution is -2.42. The minimum Gasteiger partial charge on any atom is -0.497 e. The maximum absolute atomic E-state index is 14.4. The number of nitrogens with one attached hydrogen (secondary N) is 1. The fraction of sp³-hybridized carbons (Fsp3) is 0.174. The Labute approximate surface area is 186 Å². The highest BCUT2D eigenvalue weighted by Gasteiger charge is 2.28. The van der Waals surface area contributed by atoms with Crippen LogP contribution in [0, 0.1) is 5.82 Å². The summed E-state index contributed by atoms with van der Waals surface area (Å²) >= 11 is 0. The third-order valence-electron chi connectivity index (χ3n) is 4.49. The first kappa shape index (κ1) is 23.1. The van der Waals surface area contributed by atoms with Crippen LogP contribution >= 0.6 is 0 Å². The molecule has 0 saturated heterocycles. The quantitative estimate of drug-likeness (QED) is 0.472. The van der Waals surface area contributed by atoms with E-state index in [1.54, 1.807) is 49.6 Å². The van der Waals surface area contributed by atoms with Crippen LogP contribution in [-0.2, 0) is 14.8 Å². The first-order valence-corrected chi connectivity index (χ1v) is 11.2. The number of ether oxygens (including phenoxy) is 2. The number of carbonyl (C=O) groups is 1. The molecule has 1 amide bonds. The number of methoxy groups -OCH3 is 1. The number of para-hydroxylation sites is 1. The summed E-state index contributed by atoms with van der Waals surface area (Å²) in [5.41, 5.74) is -0.207. The second kappa shape index (κ2) is 10.6. The molecule has 0 atom stereocenters. The number of hydrogen-bond donors (Lipinski definition) is 1. The molecule has 1 N–H and O–H groups in total. The van der Waals surface area contributed by atoms with Gasteiger partial charge >= 0.3 is 0 Å². The smallest absolute Gasteiger partial charge is 0.264 e. The van der Waals surface area contributed by atoms with Crippen LogP contribution in [0.15, 0.2) is 83.8 Å². The Bertz CT molecular complexity index is 1140. The van der Waals surface area contributed by atoms with E-state index in [0.29, 0.717) is 11.5 Å². The topological polar surface area (TPSA) is 84.9 Å². The number of nitrogens with zero attached hydrogens (tertiary/aromatic N) is 1. The second-order valence-electron chi connectivity index (χ2n) is 6.65. The highest BCUT2D eigenvalue weighted by Crippen LogP contribution is 2.26. The van der Waals surface area contributed by atoms with Gasteiger partial charge in [0.2, 0.25) is 5.91 Å². The Balaban J connectivity index is 1.67. The second-order valence-corrected chi connectivity index (χ2v) is 8.51. The van der Waals surface area contributed by atoms with E-state index in [1.165, 1.54) is 30.3 Å². The van der Waals surface area contributed by atoms with E-state index in [-0.39, 0.29) is 23.7 Å². The van der Waals surface area contributed by atoms with Crippen molar-refractivity contribution in [1.82, 2.24) is 5.32 Å². The normalized spacial score (nSPS) is 10.9. The van der Waals surface area contributed by atoms with E-state index in [9.17, 15) is 17.6 Å². The lowest BCUT2D eigenvalue weighted by atomic mass is 10.3. The molecule has 0 radical (unpaired) electrons. The van der Waals surface area contributed by atoms with Gasteiger partial charge in [-0.3, -0.25) is 9.10 Å². The molecule has 0 saturated carbocycles. The molecule has 0 bridgehead atoms. The standard InChI is InChI=1S/C23H23FN2O5S/c1-30-18-11-13-19(14-12-18)31-16-15-25-23(27)17-26(22-10-6-5-9-21(22)24)32(28,29)20-7-3-2-4-8-20/h2-14H,15-17H2,1H3,(H,25,27). The molecule has 0 spiro atoms. The summed E-state index contributed by atoms with van der Waals surface area (Å²) in [6.45, 7) is -0.273. The van der Waals surface area contributed by atoms with Gasteiger partial charge in [-0.05, 0) is 48.5 Å². The molecule has 3 aromatic rings. The molecule has 0 fully saturated rings. The van der Waals surface area contributed by atoms with Gasteiger partial charge in [0.1, 0.15) is 30.5 Å². The van der Waals surface area contributed by atoms with Gasteiger partial charge in [-0.25, -0.2) is 12.8 Å². The minimum absolute atomic E-state index is 0.0427. The number of benzene rings is 3. The van der Waals surface area contributed by atoms with Gasteiger partial charge in [0.15, 0.2) is 0 Å². The van der Waals surface area contributed by atoms with Gasteiger partial charge < -0.3 is 14.8 Å². The zero-order chi connectivity index (χ0) is 23.0. The molecule has 0 aromatic heterocycles. The van der Waals surface area contributed by atoms with Crippen LogP contribution in [0.5, 0.6) is 11.5 Å². The van der Waals surface area contributed by atoms with E-state index in [2.05, 4.69) is 5.32 Å². The molecule has 3 rings (SSSR count). The summed E-state index contributed by atoms with van der Waals surface area (Å²) in [5.74, 6) is -0.0491. The van der Waals surface area contributed by atoms with Crippen molar-refractivity contribution >= 4 is 21.6 Å². The number of carbonyl (C=O) groups excluding carboxylic acids is 1. The van der Waals surface area contributed by atoms with Crippen LogP contribution in [0.1, 0.15) is 0 Å². The first-order chi connectivity index (χ1) is 15.4. The Morgan fingerprint density at radius 1 is 0.938 bits per heavy atom. The lowest BCUT2D eigenvalue weighted by Gasteiger charge is -2.24. The van der Waals surface area contributed by atoms with E-state index < -0.39 is 28.3 Å². The number of anilines is 1. The molecule has 3 aromatic carbocycles. The number of halogens is 1. The van der Waals surface area contributed by atoms with Crippen LogP contribution < -0.4 is 19.1 Å². The van der Waals surface area contributed by atoms with Crippen LogP contribution in [0.2, 0.25) is 0 Å². The zero-order valence-corrected chi connectivity index (χ0v) is 18.2. The van der Waals surface area contributed by atoms with E-state index >= 15 is 0 Å². The van der Waals surface area contributed by atoms with E-state index in [0.717, 1.165) is 10.4 Å². The van der Waals surface area contributed by atoms with Gasteiger partial charge in [-0.1, -0.05) is 30.3 Å². The fourth-order valence-electron chi connectivity index (χ4n) is 2.89. The molecule has 0 aliphatic rings. The molecule has 9 heteroatoms. The molecule has 32 heavy (non-hydrogen) atoms. The van der Waals surface area contributed by atoms with Crippen molar-refractivity contribution in [2.45, 2.75) is 4.90 Å². The molecule has 0 heterocycles. The first-order valence-electron chi connectivity index (χ1n) is 9.77. The number of sulfonamides is 1. The highest BCUT2D eigenvalue weighted by molar-refractivity contribution is 7.92. The van der Waals surface area contributed by atoms with Crippen molar-refractivity contribution in [3.63, 3.8) is 0 Å². The monoisotopic (exact) mass is 458 g/mol. The summed E-state index contributed by atoms with van der Waals surface area (Å²) in [7, 11) is -2.60. The maximum Gasteiger partial charge on any atom is 0.264 e. The molecule has 0 aliphatic carbocycles. The molecule has 0 unspecified atom stereocenters. The van der Waals surface area contributed by atoms with Crippen molar-refractivity contribution in [3.05, 3.63) is 84.7 Å². The molecule has 7 nitrogen and oxygen atoms in total. The van der Waals surface area contributed by atoms with Gasteiger partial charge in [0, 0.05) is 0 Å². The third kappa shape index (κ3) is 5.76. The van der Waals surface area contributed by atoms with Crippen molar-refractivity contribution in [1.29, 1.82) is 0 Å². The SMILES string of the molecule is COc1ccc(OCCNC(=O)CN(c2ccccc2F)S(=O)(=O)c2ccccc2)cc1. The Morgan fingerprint density at radius 3 is 2.22 bits per heavy atom. The Hall–Kier alpha value is -3.59. The zero-order valence-electron chi connectivity index (χ0n) is 17.4. The van der Waals surface area contributed by atoms with Crippen LogP contribution in [-0.4, -0.2) is 41.1 Å². The van der Waals surface area contributed by atoms with Crippen LogP contribution in [0.25, 0.3) is 0 Å². The molecule has 0 aliphatic heterocycles. The number of rotatable bonds is 10. The van der Waals surface area contributed by atoms with Gasteiger partial charge in [0.25, 0.3) is 10.0 Å². The molecular formula is C23H23FN2O5S. The molecular weight excluding hydrogens is 435 g/mol. The van der Waals surface area contributed by atoms with Crippen molar-refractivity contribution in [2.24, 2.45) is 0 Å². The fourth-order valence-corrected chi connectivity index (χ4v) is 4.34. The summed E-state index contributed by atoms with van der Waals surface area (Å²) in [6.07, 6.45) is 0. The van der Waals surface area contributed by atoms with Crippen LogP contribution in [0.3, 0.4) is 0 Å². The molecule has 168 valence electrons. The Morgan fingerprint density at radius 2 is 1.56 bits per heavy atom. The van der Waals surface area contributed by atoms with Crippen molar-refractivity contribution in [3.8, 4) is 11.5 Å². The highest BCUT2D eigenvalue weighted by atomic mass is 32.2. The average Bonchev–Trinajstić information content (AvgIpc) is 2.82. The number of amides is 1.